The summed E-state index contributed by atoms with van der Waals surface area (Å²) in [4.78, 5) is 16.9. The average molecular weight is 247 g/mol. The summed E-state index contributed by atoms with van der Waals surface area (Å²) in [5.74, 6) is 0. The minimum Gasteiger partial charge on any atom is -0.390 e. The zero-order valence-electron chi connectivity index (χ0n) is 10.2. The Morgan fingerprint density at radius 1 is 1.28 bits per heavy atom. The lowest BCUT2D eigenvalue weighted by Crippen LogP contribution is -2.50. The third-order valence-corrected chi connectivity index (χ3v) is 3.48. The minimum absolute atomic E-state index is 0.0418. The lowest BCUT2D eigenvalue weighted by Gasteiger charge is -2.35. The molecule has 1 aromatic heterocycles. The molecular weight excluding hydrogens is 230 g/mol. The van der Waals surface area contributed by atoms with E-state index < -0.39 is 0 Å². The van der Waals surface area contributed by atoms with Crippen LogP contribution in [0.5, 0.6) is 0 Å². The second kappa shape index (κ2) is 4.59. The van der Waals surface area contributed by atoms with Gasteiger partial charge in [-0.1, -0.05) is 12.1 Å². The highest BCUT2D eigenvalue weighted by Gasteiger charge is 2.23. The molecule has 1 aliphatic rings. The topological polar surface area (TPSA) is 61.3 Å². The van der Waals surface area contributed by atoms with Gasteiger partial charge < -0.3 is 10.1 Å². The molecule has 1 fully saturated rings. The number of para-hydroxylation sites is 2. The Bertz CT molecular complexity index is 596. The van der Waals surface area contributed by atoms with Gasteiger partial charge in [0.2, 0.25) is 0 Å². The molecule has 1 aromatic carbocycles. The van der Waals surface area contributed by atoms with Crippen molar-refractivity contribution in [1.82, 2.24) is 14.5 Å². The molecule has 96 valence electrons. The van der Waals surface area contributed by atoms with Crippen molar-refractivity contribution < 1.29 is 5.11 Å². The van der Waals surface area contributed by atoms with E-state index in [0.29, 0.717) is 0 Å². The minimum atomic E-state index is -0.152. The molecule has 0 spiro atoms. The number of hydrogen-bond donors (Lipinski definition) is 2. The first kappa shape index (κ1) is 11.5. The Balaban J connectivity index is 1.67. The van der Waals surface area contributed by atoms with Gasteiger partial charge in [-0.05, 0) is 18.6 Å². The lowest BCUT2D eigenvalue weighted by molar-refractivity contribution is 0.00124. The van der Waals surface area contributed by atoms with Crippen LogP contribution in [-0.2, 0) is 6.54 Å². The molecule has 0 bridgehead atoms. The van der Waals surface area contributed by atoms with Crippen LogP contribution in [-0.4, -0.2) is 45.3 Å². The number of fused-ring (bicyclic) bond motifs is 1. The van der Waals surface area contributed by atoms with Crippen molar-refractivity contribution in [1.29, 1.82) is 0 Å². The smallest absolute Gasteiger partial charge is 0.326 e. The fourth-order valence-electron chi connectivity index (χ4n) is 2.51. The second-order valence-electron chi connectivity index (χ2n) is 4.87. The zero-order chi connectivity index (χ0) is 12.5. The summed E-state index contributed by atoms with van der Waals surface area (Å²) in [7, 11) is 0. The molecule has 0 radical (unpaired) electrons. The average Bonchev–Trinajstić information content (AvgIpc) is 2.63. The van der Waals surface area contributed by atoms with Gasteiger partial charge in [-0.2, -0.15) is 0 Å². The maximum absolute atomic E-state index is 11.8. The molecule has 0 saturated carbocycles. The molecule has 5 nitrogen and oxygen atoms in total. The Kier molecular flexibility index (Phi) is 2.93. The van der Waals surface area contributed by atoms with Crippen LogP contribution in [0.15, 0.2) is 29.1 Å². The number of imidazole rings is 1. The SMILES string of the molecule is O=c1[nH]c2ccccc2n1CCCN1CC(O)C1. The Labute approximate surface area is 105 Å². The van der Waals surface area contributed by atoms with Gasteiger partial charge in [0.25, 0.3) is 0 Å². The number of aromatic nitrogens is 2. The van der Waals surface area contributed by atoms with Gasteiger partial charge in [0.05, 0.1) is 17.1 Å². The van der Waals surface area contributed by atoms with Gasteiger partial charge in [-0.3, -0.25) is 9.47 Å². The highest BCUT2D eigenvalue weighted by molar-refractivity contribution is 5.74. The van der Waals surface area contributed by atoms with Crippen LogP contribution in [0.3, 0.4) is 0 Å². The molecule has 0 atom stereocenters. The van der Waals surface area contributed by atoms with Gasteiger partial charge in [0, 0.05) is 26.2 Å². The molecule has 18 heavy (non-hydrogen) atoms. The van der Waals surface area contributed by atoms with E-state index >= 15 is 0 Å². The Morgan fingerprint density at radius 3 is 2.83 bits per heavy atom. The number of nitrogens with one attached hydrogen (secondary N) is 1. The highest BCUT2D eigenvalue weighted by atomic mass is 16.3. The molecule has 0 amide bonds. The second-order valence-corrected chi connectivity index (χ2v) is 4.87. The fraction of sp³-hybridized carbons (Fsp3) is 0.462. The number of aliphatic hydroxyl groups is 1. The van der Waals surface area contributed by atoms with Crippen molar-refractivity contribution in [2.45, 2.75) is 19.1 Å². The molecule has 1 saturated heterocycles. The fourth-order valence-corrected chi connectivity index (χ4v) is 2.51. The lowest BCUT2D eigenvalue weighted by atomic mass is 10.1. The molecule has 2 N–H and O–H groups in total. The number of hydrogen-bond acceptors (Lipinski definition) is 3. The first-order chi connectivity index (χ1) is 8.74. The van der Waals surface area contributed by atoms with Crippen LogP contribution in [0.4, 0.5) is 0 Å². The van der Waals surface area contributed by atoms with Crippen LogP contribution in [0.1, 0.15) is 6.42 Å². The third kappa shape index (κ3) is 2.07. The zero-order valence-corrected chi connectivity index (χ0v) is 10.2. The predicted octanol–water partition coefficient (Wildman–Crippen LogP) is 0.396. The van der Waals surface area contributed by atoms with Crippen LogP contribution in [0.25, 0.3) is 11.0 Å². The van der Waals surface area contributed by atoms with Gasteiger partial charge in [-0.25, -0.2) is 4.79 Å². The summed E-state index contributed by atoms with van der Waals surface area (Å²) in [6, 6.07) is 7.74. The van der Waals surface area contributed by atoms with E-state index in [-0.39, 0.29) is 11.8 Å². The Morgan fingerprint density at radius 2 is 2.06 bits per heavy atom. The van der Waals surface area contributed by atoms with E-state index in [1.165, 1.54) is 0 Å². The van der Waals surface area contributed by atoms with Crippen LogP contribution in [0.2, 0.25) is 0 Å². The number of likely N-dealkylation sites (tertiary alicyclic amines) is 1. The van der Waals surface area contributed by atoms with Crippen LogP contribution >= 0.6 is 0 Å². The van der Waals surface area contributed by atoms with Crippen molar-refractivity contribution in [2.24, 2.45) is 0 Å². The molecule has 1 aliphatic heterocycles. The normalized spacial score (nSPS) is 17.2. The number of nitrogens with zero attached hydrogens (tertiary/aromatic N) is 2. The number of β-amino-alcohol motifs (C(OH)–C–C–N with tert-alkyl or cyclic N) is 1. The third-order valence-electron chi connectivity index (χ3n) is 3.48. The van der Waals surface area contributed by atoms with E-state index in [1.54, 1.807) is 4.57 Å². The number of benzene rings is 1. The largest absolute Gasteiger partial charge is 0.390 e. The first-order valence-corrected chi connectivity index (χ1v) is 6.32. The molecule has 2 heterocycles. The maximum Gasteiger partial charge on any atom is 0.326 e. The molecule has 2 aromatic rings. The molecule has 3 rings (SSSR count). The van der Waals surface area contributed by atoms with E-state index in [2.05, 4.69) is 9.88 Å². The summed E-state index contributed by atoms with van der Waals surface area (Å²) in [5.41, 5.74) is 1.81. The standard InChI is InChI=1S/C13H17N3O2/c17-10-8-15(9-10)6-3-7-16-12-5-2-1-4-11(12)14-13(16)18/h1-2,4-5,10,17H,3,6-9H2,(H,14,18). The summed E-state index contributed by atoms with van der Waals surface area (Å²) in [6.07, 6.45) is 0.773. The molecule has 5 heteroatoms. The van der Waals surface area contributed by atoms with E-state index in [0.717, 1.165) is 43.6 Å². The van der Waals surface area contributed by atoms with E-state index in [4.69, 9.17) is 0 Å². The summed E-state index contributed by atoms with van der Waals surface area (Å²) in [5, 5.41) is 9.19. The van der Waals surface area contributed by atoms with Crippen LogP contribution < -0.4 is 5.69 Å². The number of H-pyrrole nitrogens is 1. The van der Waals surface area contributed by atoms with E-state index in [9.17, 15) is 9.90 Å². The van der Waals surface area contributed by atoms with Crippen molar-refractivity contribution in [3.63, 3.8) is 0 Å². The van der Waals surface area contributed by atoms with Crippen molar-refractivity contribution in [3.05, 3.63) is 34.7 Å². The molecular formula is C13H17N3O2. The summed E-state index contributed by atoms with van der Waals surface area (Å²) >= 11 is 0. The molecule has 0 unspecified atom stereocenters. The molecule has 0 aliphatic carbocycles. The number of rotatable bonds is 4. The van der Waals surface area contributed by atoms with Gasteiger partial charge >= 0.3 is 5.69 Å². The van der Waals surface area contributed by atoms with Gasteiger partial charge in [0.1, 0.15) is 0 Å². The van der Waals surface area contributed by atoms with Crippen molar-refractivity contribution >= 4 is 11.0 Å². The van der Waals surface area contributed by atoms with Crippen LogP contribution in [0, 0.1) is 0 Å². The quantitative estimate of drug-likeness (QED) is 0.822. The summed E-state index contributed by atoms with van der Waals surface area (Å²) < 4.78 is 1.78. The number of aliphatic hydroxyl groups excluding tert-OH is 1. The highest BCUT2D eigenvalue weighted by Crippen LogP contribution is 2.11. The van der Waals surface area contributed by atoms with Crippen molar-refractivity contribution in [2.75, 3.05) is 19.6 Å². The number of aryl methyl sites for hydroxylation is 1. The summed E-state index contributed by atoms with van der Waals surface area (Å²) in [6.45, 7) is 3.18. The van der Waals surface area contributed by atoms with Gasteiger partial charge in [0.15, 0.2) is 0 Å². The maximum atomic E-state index is 11.8. The number of aromatic amines is 1. The Hall–Kier alpha value is -1.59. The van der Waals surface area contributed by atoms with E-state index in [1.807, 2.05) is 24.3 Å². The first-order valence-electron chi connectivity index (χ1n) is 6.32. The van der Waals surface area contributed by atoms with Crippen molar-refractivity contribution in [3.8, 4) is 0 Å². The predicted molar refractivity (Wildman–Crippen MR) is 69.6 cm³/mol. The monoisotopic (exact) mass is 247 g/mol. The van der Waals surface area contributed by atoms with Gasteiger partial charge in [-0.15, -0.1) is 0 Å².